The van der Waals surface area contributed by atoms with Gasteiger partial charge in [0.15, 0.2) is 0 Å². The highest BCUT2D eigenvalue weighted by Crippen LogP contribution is 2.25. The summed E-state index contributed by atoms with van der Waals surface area (Å²) >= 11 is 6.06. The first-order chi connectivity index (χ1) is 12.7. The van der Waals surface area contributed by atoms with Crippen molar-refractivity contribution in [3.05, 3.63) is 29.3 Å². The number of nitrogens with one attached hydrogen (secondary N) is 6. The van der Waals surface area contributed by atoms with Gasteiger partial charge in [-0.2, -0.15) is 18.7 Å². The second kappa shape index (κ2) is 8.17. The predicted molar refractivity (Wildman–Crippen MR) is 92.0 cm³/mol. The van der Waals surface area contributed by atoms with Gasteiger partial charge in [0.2, 0.25) is 0 Å². The Hall–Kier alpha value is -1.63. The summed E-state index contributed by atoms with van der Waals surface area (Å²) in [6.45, 7) is 0.625. The Balaban J connectivity index is 1.61. The Kier molecular flexibility index (Phi) is 6.08. The van der Waals surface area contributed by atoms with E-state index in [0.29, 0.717) is 18.7 Å². The van der Waals surface area contributed by atoms with Crippen LogP contribution in [-0.4, -0.2) is 41.4 Å². The van der Waals surface area contributed by atoms with Crippen molar-refractivity contribution in [3.63, 3.8) is 0 Å². The fraction of sp³-hybridized carbons (Fsp3) is 0.533. The fourth-order valence-electron chi connectivity index (χ4n) is 3.07. The van der Waals surface area contributed by atoms with Gasteiger partial charge in [-0.3, -0.25) is 16.0 Å². The Morgan fingerprint density at radius 1 is 1.26 bits per heavy atom. The normalized spacial score (nSPS) is 28.3. The molecule has 0 aromatic heterocycles. The zero-order valence-electron chi connectivity index (χ0n) is 14.0. The number of anilines is 1. The van der Waals surface area contributed by atoms with Crippen molar-refractivity contribution in [1.29, 1.82) is 0 Å². The summed E-state index contributed by atoms with van der Waals surface area (Å²) in [5.74, 6) is 0. The third kappa shape index (κ3) is 5.21. The van der Waals surface area contributed by atoms with Crippen LogP contribution < -0.4 is 32.1 Å². The van der Waals surface area contributed by atoms with E-state index in [9.17, 15) is 18.0 Å². The lowest BCUT2D eigenvalue weighted by atomic mass is 10.0. The maximum absolute atomic E-state index is 13.0. The molecule has 2 amide bonds. The van der Waals surface area contributed by atoms with Crippen LogP contribution in [0.1, 0.15) is 17.5 Å². The molecule has 2 aliphatic heterocycles. The lowest BCUT2D eigenvalue weighted by molar-refractivity contribution is -0.170. The highest BCUT2D eigenvalue weighted by molar-refractivity contribution is 6.20. The molecule has 0 radical (unpaired) electrons. The maximum atomic E-state index is 13.0. The minimum Gasteiger partial charge on any atom is -0.315 e. The highest BCUT2D eigenvalue weighted by Gasteiger charge is 2.45. The third-order valence-corrected chi connectivity index (χ3v) is 4.72. The summed E-state index contributed by atoms with van der Waals surface area (Å²) in [5.41, 5.74) is 4.11. The second-order valence-electron chi connectivity index (χ2n) is 6.41. The van der Waals surface area contributed by atoms with E-state index >= 15 is 0 Å². The molecule has 2 aliphatic rings. The number of urea groups is 1. The van der Waals surface area contributed by atoms with Crippen LogP contribution in [0.25, 0.3) is 0 Å². The number of rotatable bonds is 3. The zero-order chi connectivity index (χ0) is 19.6. The molecular formula is C15H20ClF3N6O2. The van der Waals surface area contributed by atoms with E-state index < -0.39 is 37.1 Å². The van der Waals surface area contributed by atoms with E-state index in [0.717, 1.165) is 11.1 Å². The molecule has 2 heterocycles. The molecule has 0 spiro atoms. The highest BCUT2D eigenvalue weighted by atomic mass is 35.5. The zero-order valence-corrected chi connectivity index (χ0v) is 14.8. The number of alkyl halides is 4. The number of fused-ring (bicyclic) bond motifs is 1. The molecule has 1 fully saturated rings. The van der Waals surface area contributed by atoms with Gasteiger partial charge in [0.25, 0.3) is 0 Å². The number of carbonyl (C=O) groups excluding carboxylic acids is 1. The van der Waals surface area contributed by atoms with Gasteiger partial charge in [0, 0.05) is 25.1 Å². The summed E-state index contributed by atoms with van der Waals surface area (Å²) < 4.78 is 38.9. The molecule has 0 saturated carbocycles. The summed E-state index contributed by atoms with van der Waals surface area (Å²) in [4.78, 5) is 12.2. The van der Waals surface area contributed by atoms with Gasteiger partial charge in [0.1, 0.15) is 12.3 Å². The molecule has 7 N–H and O–H groups in total. The molecule has 150 valence electrons. The van der Waals surface area contributed by atoms with Crippen molar-refractivity contribution in [3.8, 4) is 0 Å². The molecule has 4 unspecified atom stereocenters. The first kappa shape index (κ1) is 20.1. The number of hydroxylamine groups is 1. The topological polar surface area (TPSA) is 109 Å². The minimum absolute atomic E-state index is 0.195. The van der Waals surface area contributed by atoms with Gasteiger partial charge in [-0.1, -0.05) is 6.07 Å². The smallest absolute Gasteiger partial charge is 0.315 e. The molecule has 1 aromatic rings. The first-order valence-electron chi connectivity index (χ1n) is 8.30. The number of hydrogen-bond donors (Lipinski definition) is 7. The van der Waals surface area contributed by atoms with E-state index in [1.165, 1.54) is 0 Å². The van der Waals surface area contributed by atoms with Crippen LogP contribution in [0.5, 0.6) is 0 Å². The van der Waals surface area contributed by atoms with Gasteiger partial charge in [-0.25, -0.2) is 4.79 Å². The van der Waals surface area contributed by atoms with E-state index in [-0.39, 0.29) is 5.50 Å². The van der Waals surface area contributed by atoms with Crippen molar-refractivity contribution in [2.45, 2.75) is 49.6 Å². The maximum Gasteiger partial charge on any atom is 0.404 e. The van der Waals surface area contributed by atoms with Crippen molar-refractivity contribution in [1.82, 2.24) is 26.7 Å². The Bertz CT molecular complexity index is 692. The number of benzene rings is 1. The summed E-state index contributed by atoms with van der Waals surface area (Å²) in [6, 6.07) is 2.75. The van der Waals surface area contributed by atoms with Gasteiger partial charge in [0.05, 0.1) is 11.7 Å². The monoisotopic (exact) mass is 408 g/mol. The summed E-state index contributed by atoms with van der Waals surface area (Å²) in [7, 11) is 0. The van der Waals surface area contributed by atoms with Crippen molar-refractivity contribution >= 4 is 23.3 Å². The van der Waals surface area contributed by atoms with Crippen LogP contribution >= 0.6 is 11.6 Å². The van der Waals surface area contributed by atoms with Gasteiger partial charge in [-0.05, 0) is 23.3 Å². The molecular weight excluding hydrogens is 389 g/mol. The quantitative estimate of drug-likeness (QED) is 0.229. The number of halogens is 4. The van der Waals surface area contributed by atoms with Crippen LogP contribution in [0.15, 0.2) is 18.2 Å². The molecule has 1 aromatic carbocycles. The fourth-order valence-corrected chi connectivity index (χ4v) is 3.32. The van der Waals surface area contributed by atoms with Gasteiger partial charge in [-0.15, -0.1) is 11.6 Å². The summed E-state index contributed by atoms with van der Waals surface area (Å²) in [5, 5.41) is 21.8. The molecule has 3 rings (SSSR count). The van der Waals surface area contributed by atoms with Crippen LogP contribution in [-0.2, 0) is 13.0 Å². The molecule has 27 heavy (non-hydrogen) atoms. The predicted octanol–water partition coefficient (Wildman–Crippen LogP) is 1.12. The molecule has 1 saturated heterocycles. The number of hydrogen-bond acceptors (Lipinski definition) is 6. The first-order valence-corrected chi connectivity index (χ1v) is 8.73. The second-order valence-corrected chi connectivity index (χ2v) is 6.94. The molecule has 0 bridgehead atoms. The largest absolute Gasteiger partial charge is 0.404 e. The van der Waals surface area contributed by atoms with E-state index in [2.05, 4.69) is 26.6 Å². The average Bonchev–Trinajstić information content (AvgIpc) is 2.60. The van der Waals surface area contributed by atoms with E-state index in [1.807, 2.05) is 6.07 Å². The molecule has 4 atom stereocenters. The van der Waals surface area contributed by atoms with Crippen molar-refractivity contribution < 1.29 is 23.2 Å². The number of amides is 2. The number of carbonyl (C=O) groups is 1. The molecule has 8 nitrogen and oxygen atoms in total. The van der Waals surface area contributed by atoms with Crippen LogP contribution in [0.4, 0.5) is 23.7 Å². The molecule has 0 aliphatic carbocycles. The Morgan fingerprint density at radius 2 is 2.04 bits per heavy atom. The van der Waals surface area contributed by atoms with E-state index in [1.54, 1.807) is 17.6 Å². The van der Waals surface area contributed by atoms with Crippen molar-refractivity contribution in [2.24, 2.45) is 0 Å². The van der Waals surface area contributed by atoms with Crippen LogP contribution in [0.3, 0.4) is 0 Å². The van der Waals surface area contributed by atoms with Gasteiger partial charge >= 0.3 is 12.2 Å². The lowest BCUT2D eigenvalue weighted by Crippen LogP contribution is -2.70. The SMILES string of the molecule is O=C(Nc1ccc2c(c1)CC(Cl)NC2)NC1NC(NO)CC(C(F)(F)F)N1. The van der Waals surface area contributed by atoms with Gasteiger partial charge < -0.3 is 15.8 Å². The minimum atomic E-state index is -4.52. The summed E-state index contributed by atoms with van der Waals surface area (Å²) in [6.07, 6.45) is -6.57. The van der Waals surface area contributed by atoms with Crippen LogP contribution in [0, 0.1) is 0 Å². The standard InChI is InChI=1S/C15H20ClF3N6O2/c16-11-4-8-3-9(2-1-7(8)6-20-11)21-14(26)24-13-22-10(15(17,18)19)5-12(23-13)25-27/h1-3,10-13,20,22-23,25,27H,4-6H2,(H2,21,24,26). The molecule has 12 heteroatoms. The average molecular weight is 409 g/mol. The Morgan fingerprint density at radius 3 is 2.74 bits per heavy atom. The lowest BCUT2D eigenvalue weighted by Gasteiger charge is -2.37. The Labute approximate surface area is 158 Å². The van der Waals surface area contributed by atoms with Crippen molar-refractivity contribution in [2.75, 3.05) is 5.32 Å². The van der Waals surface area contributed by atoms with Crippen LogP contribution in [0.2, 0.25) is 0 Å². The van der Waals surface area contributed by atoms with E-state index in [4.69, 9.17) is 16.8 Å². The third-order valence-electron chi connectivity index (χ3n) is 4.41.